The minimum absolute atomic E-state index is 0.204. The summed E-state index contributed by atoms with van der Waals surface area (Å²) >= 11 is 0. The van der Waals surface area contributed by atoms with Gasteiger partial charge in [0.05, 0.1) is 11.3 Å². The average molecular weight is 406 g/mol. The zero-order valence-electron chi connectivity index (χ0n) is 17.2. The van der Waals surface area contributed by atoms with Crippen molar-refractivity contribution < 1.29 is 4.79 Å². The van der Waals surface area contributed by atoms with Crippen LogP contribution in [0.3, 0.4) is 0 Å². The molecule has 0 radical (unpaired) electrons. The largest absolute Gasteiger partial charge is 0.364 e. The molecule has 3 heterocycles. The van der Waals surface area contributed by atoms with Gasteiger partial charge in [-0.3, -0.25) is 14.6 Å². The fourth-order valence-corrected chi connectivity index (χ4v) is 3.93. The van der Waals surface area contributed by atoms with Crippen LogP contribution in [0.2, 0.25) is 0 Å². The fourth-order valence-electron chi connectivity index (χ4n) is 3.93. The number of fused-ring (bicyclic) bond motifs is 3. The van der Waals surface area contributed by atoms with Crippen LogP contribution in [0, 0.1) is 0 Å². The van der Waals surface area contributed by atoms with E-state index in [4.69, 9.17) is 0 Å². The Morgan fingerprint density at radius 2 is 2.13 bits per heavy atom. The molecule has 1 aliphatic rings. The van der Waals surface area contributed by atoms with Crippen molar-refractivity contribution in [2.75, 3.05) is 18.4 Å². The van der Waals surface area contributed by atoms with Crippen molar-refractivity contribution in [3.05, 3.63) is 70.0 Å². The summed E-state index contributed by atoms with van der Waals surface area (Å²) < 4.78 is 1.62. The molecule has 0 saturated carbocycles. The number of carbonyl (C=O) groups excluding carboxylic acids is 1. The van der Waals surface area contributed by atoms with Crippen molar-refractivity contribution >= 4 is 11.6 Å². The van der Waals surface area contributed by atoms with E-state index in [0.29, 0.717) is 18.7 Å². The first-order valence-electron chi connectivity index (χ1n) is 10.5. The summed E-state index contributed by atoms with van der Waals surface area (Å²) in [6.45, 7) is 4.28. The second kappa shape index (κ2) is 9.09. The first kappa shape index (κ1) is 20.1. The van der Waals surface area contributed by atoms with Crippen LogP contribution in [0.15, 0.2) is 47.7 Å². The standard InChI is InChI=1S/C23H27N5O2/c1-2-10-24-12-14-28-13-5-9-19(23(28)30)27-22(29)17-15-26-18-8-3-6-16-7-4-11-25-21(16)20(17)18/h4-5,7,9,11,13,15,24,26H,2-3,6,8,10,12,14H2,1H3,(H,27,29). The third-order valence-electron chi connectivity index (χ3n) is 5.43. The predicted molar refractivity (Wildman–Crippen MR) is 118 cm³/mol. The summed E-state index contributed by atoms with van der Waals surface area (Å²) in [4.78, 5) is 33.7. The van der Waals surface area contributed by atoms with Gasteiger partial charge in [-0.05, 0) is 56.0 Å². The summed E-state index contributed by atoms with van der Waals surface area (Å²) in [7, 11) is 0. The monoisotopic (exact) mass is 405 g/mol. The molecule has 0 aromatic carbocycles. The van der Waals surface area contributed by atoms with Gasteiger partial charge in [0, 0.05) is 42.9 Å². The molecular weight excluding hydrogens is 378 g/mol. The molecule has 30 heavy (non-hydrogen) atoms. The van der Waals surface area contributed by atoms with Crippen LogP contribution in [-0.4, -0.2) is 33.5 Å². The quantitative estimate of drug-likeness (QED) is 0.527. The highest BCUT2D eigenvalue weighted by molar-refractivity contribution is 6.09. The summed E-state index contributed by atoms with van der Waals surface area (Å²) in [5.41, 5.74) is 4.46. The molecule has 4 rings (SSSR count). The molecule has 7 nitrogen and oxygen atoms in total. The highest BCUT2D eigenvalue weighted by Crippen LogP contribution is 2.33. The lowest BCUT2D eigenvalue weighted by atomic mass is 10.0. The molecular formula is C23H27N5O2. The van der Waals surface area contributed by atoms with Gasteiger partial charge in [-0.2, -0.15) is 0 Å². The number of nitrogens with one attached hydrogen (secondary N) is 3. The van der Waals surface area contributed by atoms with Crippen molar-refractivity contribution in [2.45, 2.75) is 39.2 Å². The molecule has 0 fully saturated rings. The Balaban J connectivity index is 1.59. The normalized spacial score (nSPS) is 12.7. The Morgan fingerprint density at radius 3 is 3.00 bits per heavy atom. The molecule has 156 valence electrons. The number of aromatic nitrogens is 3. The second-order valence-electron chi connectivity index (χ2n) is 7.55. The summed E-state index contributed by atoms with van der Waals surface area (Å²) in [6, 6.07) is 7.42. The molecule has 3 N–H and O–H groups in total. The number of carbonyl (C=O) groups is 1. The lowest BCUT2D eigenvalue weighted by Crippen LogP contribution is -2.29. The Bertz CT molecular complexity index is 1100. The van der Waals surface area contributed by atoms with Gasteiger partial charge in [-0.15, -0.1) is 0 Å². The zero-order chi connectivity index (χ0) is 20.9. The first-order chi connectivity index (χ1) is 14.7. The third kappa shape index (κ3) is 4.07. The second-order valence-corrected chi connectivity index (χ2v) is 7.55. The smallest absolute Gasteiger partial charge is 0.274 e. The Hall–Kier alpha value is -3.19. The molecule has 0 bridgehead atoms. The van der Waals surface area contributed by atoms with Crippen molar-refractivity contribution in [1.29, 1.82) is 0 Å². The summed E-state index contributed by atoms with van der Waals surface area (Å²) in [5, 5.41) is 6.10. The van der Waals surface area contributed by atoms with E-state index in [1.165, 1.54) is 0 Å². The van der Waals surface area contributed by atoms with E-state index in [2.05, 4.69) is 33.6 Å². The Kier molecular flexibility index (Phi) is 6.09. The van der Waals surface area contributed by atoms with Crippen LogP contribution in [0.4, 0.5) is 5.69 Å². The van der Waals surface area contributed by atoms with E-state index in [0.717, 1.165) is 54.7 Å². The molecule has 0 spiro atoms. The number of nitrogens with zero attached hydrogens (tertiary/aromatic N) is 2. The minimum atomic E-state index is -0.301. The van der Waals surface area contributed by atoms with Gasteiger partial charge in [0.15, 0.2) is 0 Å². The predicted octanol–water partition coefficient (Wildman–Crippen LogP) is 2.98. The van der Waals surface area contributed by atoms with E-state index in [1.54, 1.807) is 35.3 Å². The van der Waals surface area contributed by atoms with E-state index < -0.39 is 0 Å². The molecule has 0 saturated heterocycles. The van der Waals surface area contributed by atoms with Gasteiger partial charge in [-0.25, -0.2) is 0 Å². The lowest BCUT2D eigenvalue weighted by Gasteiger charge is -2.11. The molecule has 3 aromatic rings. The molecule has 7 heteroatoms. The number of hydrogen-bond donors (Lipinski definition) is 3. The minimum Gasteiger partial charge on any atom is -0.364 e. The van der Waals surface area contributed by atoms with E-state index in [1.807, 2.05) is 6.07 Å². The number of H-pyrrole nitrogens is 1. The van der Waals surface area contributed by atoms with E-state index in [-0.39, 0.29) is 17.2 Å². The van der Waals surface area contributed by atoms with Crippen LogP contribution >= 0.6 is 0 Å². The van der Waals surface area contributed by atoms with Crippen molar-refractivity contribution in [3.8, 4) is 11.3 Å². The highest BCUT2D eigenvalue weighted by atomic mass is 16.2. The van der Waals surface area contributed by atoms with Crippen LogP contribution in [-0.2, 0) is 19.4 Å². The van der Waals surface area contributed by atoms with Gasteiger partial charge >= 0.3 is 0 Å². The SMILES string of the molecule is CCCNCCn1cccc(NC(=O)c2c[nH]c3c2-c2ncccc2CCC3)c1=O. The van der Waals surface area contributed by atoms with Crippen LogP contribution in [0.1, 0.15) is 41.4 Å². The van der Waals surface area contributed by atoms with Gasteiger partial charge in [0.1, 0.15) is 5.69 Å². The van der Waals surface area contributed by atoms with Crippen LogP contribution in [0.25, 0.3) is 11.3 Å². The maximum Gasteiger partial charge on any atom is 0.274 e. The number of aryl methyl sites for hydroxylation is 2. The number of hydrogen-bond acceptors (Lipinski definition) is 4. The van der Waals surface area contributed by atoms with Gasteiger partial charge < -0.3 is 20.2 Å². The molecule has 0 aliphatic heterocycles. The average Bonchev–Trinajstić information content (AvgIpc) is 3.09. The number of anilines is 1. The topological polar surface area (TPSA) is 91.8 Å². The third-order valence-corrected chi connectivity index (χ3v) is 5.43. The van der Waals surface area contributed by atoms with Gasteiger partial charge in [0.2, 0.25) is 0 Å². The molecule has 1 amide bonds. The van der Waals surface area contributed by atoms with E-state index in [9.17, 15) is 9.59 Å². The lowest BCUT2D eigenvalue weighted by molar-refractivity contribution is 0.102. The van der Waals surface area contributed by atoms with Crippen LogP contribution < -0.4 is 16.2 Å². The maximum atomic E-state index is 13.1. The fraction of sp³-hybridized carbons (Fsp3) is 0.348. The van der Waals surface area contributed by atoms with Crippen molar-refractivity contribution in [3.63, 3.8) is 0 Å². The molecule has 3 aromatic heterocycles. The summed E-state index contributed by atoms with van der Waals surface area (Å²) in [6.07, 6.45) is 9.07. The summed E-state index contributed by atoms with van der Waals surface area (Å²) in [5.74, 6) is -0.301. The van der Waals surface area contributed by atoms with Crippen molar-refractivity contribution in [2.24, 2.45) is 0 Å². The molecule has 0 atom stereocenters. The highest BCUT2D eigenvalue weighted by Gasteiger charge is 2.24. The Morgan fingerprint density at radius 1 is 1.23 bits per heavy atom. The molecule has 1 aliphatic carbocycles. The first-order valence-corrected chi connectivity index (χ1v) is 10.5. The number of amides is 1. The number of aromatic amines is 1. The van der Waals surface area contributed by atoms with Gasteiger partial charge in [-0.1, -0.05) is 13.0 Å². The van der Waals surface area contributed by atoms with Crippen LogP contribution in [0.5, 0.6) is 0 Å². The molecule has 0 unspecified atom stereocenters. The number of rotatable bonds is 7. The van der Waals surface area contributed by atoms with Crippen molar-refractivity contribution in [1.82, 2.24) is 19.9 Å². The maximum absolute atomic E-state index is 13.1. The van der Waals surface area contributed by atoms with E-state index >= 15 is 0 Å². The Labute approximate surface area is 175 Å². The van der Waals surface area contributed by atoms with Gasteiger partial charge in [0.25, 0.3) is 11.5 Å². The number of pyridine rings is 2. The zero-order valence-corrected chi connectivity index (χ0v) is 17.2.